The standard InChI is InChI=1S/C36H58ClF3N10O6/c1-4-24-30(47-9-11-48(12-10-47)34(54)29-31(52)18(2)42-17-43-29)32(53)28-33(50(24)16-25(51)44-22-6-5-19(13-21(22)37)36(38,39)40)45-23-15-49(35(55)27(23)46-28)20-7-8-41-26(14-20)56-3/h18-24,26-31,33,41-43,45-46,52H,4-17H2,1-3H3,(H,44,51). The molecule has 6 saturated heterocycles. The van der Waals surface area contributed by atoms with Gasteiger partial charge in [-0.25, -0.2) is 0 Å². The Labute approximate surface area is 330 Å². The highest BCUT2D eigenvalue weighted by atomic mass is 35.5. The summed E-state index contributed by atoms with van der Waals surface area (Å²) in [5, 5.41) is 29.2. The molecular weight excluding hydrogens is 761 g/mol. The maximum Gasteiger partial charge on any atom is 0.391 e. The lowest BCUT2D eigenvalue weighted by Crippen LogP contribution is -2.81. The van der Waals surface area contributed by atoms with Gasteiger partial charge in [0.05, 0.1) is 48.2 Å². The lowest BCUT2D eigenvalue weighted by molar-refractivity contribution is -0.182. The predicted octanol–water partition coefficient (Wildman–Crippen LogP) is -1.92. The maximum atomic E-state index is 14.8. The van der Waals surface area contributed by atoms with Crippen molar-refractivity contribution in [1.29, 1.82) is 0 Å². The van der Waals surface area contributed by atoms with E-state index in [1.165, 1.54) is 0 Å². The van der Waals surface area contributed by atoms with Crippen LogP contribution < -0.4 is 31.9 Å². The number of halogens is 4. The molecule has 0 aromatic heterocycles. The number of amides is 3. The first-order valence-corrected chi connectivity index (χ1v) is 20.7. The smallest absolute Gasteiger partial charge is 0.389 e. The molecule has 0 spiro atoms. The molecule has 1 saturated carbocycles. The van der Waals surface area contributed by atoms with Gasteiger partial charge in [0.15, 0.2) is 5.78 Å². The lowest BCUT2D eigenvalue weighted by Gasteiger charge is -2.55. The molecule has 14 atom stereocenters. The molecule has 6 heterocycles. The molecule has 316 valence electrons. The van der Waals surface area contributed by atoms with Gasteiger partial charge in [0, 0.05) is 77.1 Å². The largest absolute Gasteiger partial charge is 0.391 e. The fourth-order valence-corrected chi connectivity index (χ4v) is 10.6. The van der Waals surface area contributed by atoms with E-state index in [9.17, 15) is 37.5 Å². The fraction of sp³-hybridized carbons (Fsp3) is 0.889. The van der Waals surface area contributed by atoms with E-state index < -0.39 is 71.9 Å². The summed E-state index contributed by atoms with van der Waals surface area (Å²) in [6.45, 7) is 6.58. The molecule has 7 rings (SSSR count). The van der Waals surface area contributed by atoms with Gasteiger partial charge < -0.3 is 25.0 Å². The van der Waals surface area contributed by atoms with E-state index in [0.29, 0.717) is 58.8 Å². The van der Waals surface area contributed by atoms with Gasteiger partial charge >= 0.3 is 6.18 Å². The number of carbonyl (C=O) groups excluding carboxylic acids is 4. The molecule has 1 aliphatic carbocycles. The monoisotopic (exact) mass is 818 g/mol. The third-order valence-corrected chi connectivity index (χ3v) is 13.9. The van der Waals surface area contributed by atoms with Gasteiger partial charge in [0.25, 0.3) is 0 Å². The number of Topliss-reactive ketones (excluding diaryl/α,β-unsaturated/α-hetero) is 1. The number of ether oxygens (including phenoxy) is 1. The predicted molar refractivity (Wildman–Crippen MR) is 198 cm³/mol. The molecule has 56 heavy (non-hydrogen) atoms. The van der Waals surface area contributed by atoms with E-state index in [4.69, 9.17) is 16.3 Å². The Morgan fingerprint density at radius 1 is 1.02 bits per heavy atom. The van der Waals surface area contributed by atoms with Gasteiger partial charge in [-0.3, -0.25) is 55.6 Å². The third kappa shape index (κ3) is 8.31. The van der Waals surface area contributed by atoms with Crippen LogP contribution in [-0.4, -0.2) is 192 Å². The summed E-state index contributed by atoms with van der Waals surface area (Å²) < 4.78 is 45.9. The van der Waals surface area contributed by atoms with Crippen molar-refractivity contribution < 1.29 is 42.2 Å². The van der Waals surface area contributed by atoms with Crippen LogP contribution in [-0.2, 0) is 23.9 Å². The lowest BCUT2D eigenvalue weighted by atomic mass is 9.83. The highest BCUT2D eigenvalue weighted by Crippen LogP contribution is 2.39. The average Bonchev–Trinajstić information content (AvgIpc) is 3.51. The SMILES string of the molecule is CCC1C(N2CCN(C(=O)C3NCNC(C)C3O)CC2)C(=O)C2NC3C(=O)N(C4CCNC(OC)C4)CC3NC2N1CC(=O)NC1CCC(C(F)(F)F)CC1Cl. The number of fused-ring (bicyclic) bond motifs is 2. The summed E-state index contributed by atoms with van der Waals surface area (Å²) in [6, 6.07) is -4.65. The van der Waals surface area contributed by atoms with Crippen LogP contribution in [0.4, 0.5) is 13.2 Å². The number of methoxy groups -OCH3 is 1. The number of ketones is 1. The Hall–Kier alpha value is -2.20. The van der Waals surface area contributed by atoms with Crippen molar-refractivity contribution in [3.05, 3.63) is 0 Å². The Morgan fingerprint density at radius 2 is 1.77 bits per heavy atom. The number of aliphatic hydroxyl groups excluding tert-OH is 1. The summed E-state index contributed by atoms with van der Waals surface area (Å²) in [5.41, 5.74) is 0. The Balaban J connectivity index is 1.09. The average molecular weight is 819 g/mol. The minimum Gasteiger partial charge on any atom is -0.389 e. The molecule has 7 N–H and O–H groups in total. The zero-order valence-corrected chi connectivity index (χ0v) is 33.0. The van der Waals surface area contributed by atoms with Crippen LogP contribution in [0.3, 0.4) is 0 Å². The van der Waals surface area contributed by atoms with Gasteiger partial charge in [-0.1, -0.05) is 6.92 Å². The topological polar surface area (TPSA) is 183 Å². The number of piperazine rings is 2. The van der Waals surface area contributed by atoms with Gasteiger partial charge in [-0.15, -0.1) is 11.6 Å². The molecular formula is C36H58ClF3N10O6. The first kappa shape index (κ1) is 41.9. The van der Waals surface area contributed by atoms with Crippen LogP contribution in [0.25, 0.3) is 0 Å². The first-order valence-electron chi connectivity index (χ1n) is 20.3. The van der Waals surface area contributed by atoms with E-state index in [-0.39, 0.29) is 67.8 Å². The Bertz CT molecular complexity index is 1460. The molecule has 7 aliphatic rings. The summed E-state index contributed by atoms with van der Waals surface area (Å²) in [4.78, 5) is 63.8. The molecule has 3 amide bonds. The number of piperidine rings is 2. The third-order valence-electron chi connectivity index (χ3n) is 13.4. The summed E-state index contributed by atoms with van der Waals surface area (Å²) >= 11 is 6.45. The van der Waals surface area contributed by atoms with Crippen LogP contribution in [0.2, 0.25) is 0 Å². The molecule has 0 radical (unpaired) electrons. The normalized spacial score (nSPS) is 41.6. The molecule has 0 aromatic rings. The van der Waals surface area contributed by atoms with Crippen LogP contribution in [0.1, 0.15) is 52.4 Å². The number of likely N-dealkylation sites (tertiary alicyclic amines) is 2. The first-order chi connectivity index (χ1) is 26.7. The highest BCUT2D eigenvalue weighted by molar-refractivity contribution is 6.21. The van der Waals surface area contributed by atoms with Crippen LogP contribution in [0, 0.1) is 5.92 Å². The molecule has 16 nitrogen and oxygen atoms in total. The van der Waals surface area contributed by atoms with Crippen LogP contribution in [0.5, 0.6) is 0 Å². The van der Waals surface area contributed by atoms with E-state index in [0.717, 1.165) is 6.42 Å². The van der Waals surface area contributed by atoms with Crippen LogP contribution >= 0.6 is 11.6 Å². The fourth-order valence-electron chi connectivity index (χ4n) is 10.2. The molecule has 0 bridgehead atoms. The summed E-state index contributed by atoms with van der Waals surface area (Å²) in [5.74, 6) is -2.31. The van der Waals surface area contributed by atoms with Gasteiger partial charge in [-0.2, -0.15) is 13.2 Å². The minimum absolute atomic E-state index is 0.0435. The number of hydrogen-bond acceptors (Lipinski definition) is 13. The van der Waals surface area contributed by atoms with E-state index in [1.54, 1.807) is 12.0 Å². The summed E-state index contributed by atoms with van der Waals surface area (Å²) in [6.07, 6.45) is -4.48. The Morgan fingerprint density at radius 3 is 2.45 bits per heavy atom. The van der Waals surface area contributed by atoms with Crippen molar-refractivity contribution in [2.75, 3.05) is 59.6 Å². The highest BCUT2D eigenvalue weighted by Gasteiger charge is 2.58. The molecule has 6 aliphatic heterocycles. The van der Waals surface area contributed by atoms with E-state index in [2.05, 4.69) is 36.8 Å². The van der Waals surface area contributed by atoms with Gasteiger partial charge in [0.1, 0.15) is 18.3 Å². The van der Waals surface area contributed by atoms with Crippen LogP contribution in [0.15, 0.2) is 0 Å². The minimum atomic E-state index is -4.35. The number of carbonyl (C=O) groups is 4. The number of alkyl halides is 4. The second-order valence-electron chi connectivity index (χ2n) is 16.6. The quantitative estimate of drug-likeness (QED) is 0.135. The zero-order chi connectivity index (χ0) is 40.1. The zero-order valence-electron chi connectivity index (χ0n) is 32.3. The number of nitrogens with zero attached hydrogens (tertiary/aromatic N) is 4. The summed E-state index contributed by atoms with van der Waals surface area (Å²) in [7, 11) is 1.63. The number of aliphatic hydroxyl groups is 1. The Kier molecular flexibility index (Phi) is 12.9. The second kappa shape index (κ2) is 17.2. The molecule has 0 aromatic carbocycles. The number of nitrogens with one attached hydrogen (secondary N) is 6. The van der Waals surface area contributed by atoms with Gasteiger partial charge in [-0.05, 0) is 45.6 Å². The van der Waals surface area contributed by atoms with E-state index >= 15 is 0 Å². The van der Waals surface area contributed by atoms with Crippen molar-refractivity contribution in [3.8, 4) is 0 Å². The molecule has 20 heteroatoms. The van der Waals surface area contributed by atoms with Crippen molar-refractivity contribution in [2.45, 2.75) is 137 Å². The molecule has 14 unspecified atom stereocenters. The van der Waals surface area contributed by atoms with Crippen molar-refractivity contribution in [2.24, 2.45) is 5.92 Å². The van der Waals surface area contributed by atoms with Crippen molar-refractivity contribution >= 4 is 35.1 Å². The van der Waals surface area contributed by atoms with Crippen molar-refractivity contribution in [1.82, 2.24) is 51.5 Å². The maximum absolute atomic E-state index is 14.8. The molecule has 7 fully saturated rings. The van der Waals surface area contributed by atoms with E-state index in [1.807, 2.05) is 23.6 Å². The van der Waals surface area contributed by atoms with Crippen molar-refractivity contribution in [3.63, 3.8) is 0 Å². The van der Waals surface area contributed by atoms with Gasteiger partial charge in [0.2, 0.25) is 17.7 Å². The second-order valence-corrected chi connectivity index (χ2v) is 17.2. The number of hydrogen-bond donors (Lipinski definition) is 7. The number of rotatable bonds is 8.